The number of nitrogens with one attached hydrogen (secondary N) is 2. The lowest BCUT2D eigenvalue weighted by Crippen LogP contribution is -2.39. The molecule has 1 fully saturated rings. The maximum Gasteiger partial charge on any atom is 0.221 e. The summed E-state index contributed by atoms with van der Waals surface area (Å²) in [6, 6.07) is 10.9. The Hall–Kier alpha value is -1.35. The Morgan fingerprint density at radius 2 is 2.15 bits per heavy atom. The number of piperidine rings is 1. The number of benzene rings is 1. The minimum Gasteiger partial charge on any atom is -0.356 e. The summed E-state index contributed by atoms with van der Waals surface area (Å²) < 4.78 is 0. The van der Waals surface area contributed by atoms with E-state index in [-0.39, 0.29) is 5.91 Å². The Bertz CT molecular complexity index is 399. The van der Waals surface area contributed by atoms with Gasteiger partial charge in [-0.3, -0.25) is 4.79 Å². The molecule has 2 rings (SSSR count). The van der Waals surface area contributed by atoms with Crippen LogP contribution < -0.4 is 10.6 Å². The van der Waals surface area contributed by atoms with Gasteiger partial charge in [0.2, 0.25) is 5.91 Å². The molecule has 3 heteroatoms. The van der Waals surface area contributed by atoms with Crippen molar-refractivity contribution in [3.63, 3.8) is 0 Å². The molecule has 1 heterocycles. The zero-order valence-electron chi connectivity index (χ0n) is 12.4. The predicted octanol–water partition coefficient (Wildman–Crippen LogP) is 2.83. The van der Waals surface area contributed by atoms with E-state index in [9.17, 15) is 4.79 Å². The minimum absolute atomic E-state index is 0.185. The fraction of sp³-hybridized carbons (Fsp3) is 0.588. The van der Waals surface area contributed by atoms with E-state index < -0.39 is 0 Å². The molecule has 1 saturated heterocycles. The average Bonchev–Trinajstić information content (AvgIpc) is 2.49. The third kappa shape index (κ3) is 4.97. The summed E-state index contributed by atoms with van der Waals surface area (Å²) in [6.45, 7) is 4.04. The van der Waals surface area contributed by atoms with Crippen LogP contribution in [0.1, 0.15) is 50.5 Å². The van der Waals surface area contributed by atoms with Gasteiger partial charge in [0.15, 0.2) is 0 Å². The monoisotopic (exact) mass is 274 g/mol. The van der Waals surface area contributed by atoms with E-state index in [1.807, 2.05) is 6.07 Å². The van der Waals surface area contributed by atoms with Crippen LogP contribution in [-0.4, -0.2) is 25.0 Å². The Kier molecular flexibility index (Phi) is 6.06. The maximum atomic E-state index is 11.9. The van der Waals surface area contributed by atoms with E-state index in [0.717, 1.165) is 25.9 Å². The van der Waals surface area contributed by atoms with Crippen LogP contribution in [0, 0.1) is 0 Å². The van der Waals surface area contributed by atoms with Crippen LogP contribution in [0.2, 0.25) is 0 Å². The van der Waals surface area contributed by atoms with E-state index >= 15 is 0 Å². The Morgan fingerprint density at radius 1 is 1.35 bits per heavy atom. The van der Waals surface area contributed by atoms with Crippen molar-refractivity contribution < 1.29 is 4.79 Å². The molecular weight excluding hydrogens is 248 g/mol. The van der Waals surface area contributed by atoms with Gasteiger partial charge in [-0.25, -0.2) is 0 Å². The highest BCUT2D eigenvalue weighted by Gasteiger charge is 2.16. The first-order valence-electron chi connectivity index (χ1n) is 7.80. The van der Waals surface area contributed by atoms with E-state index in [0.29, 0.717) is 18.4 Å². The Morgan fingerprint density at radius 3 is 2.85 bits per heavy atom. The van der Waals surface area contributed by atoms with Gasteiger partial charge in [-0.1, -0.05) is 43.7 Å². The van der Waals surface area contributed by atoms with Crippen LogP contribution in [0.25, 0.3) is 0 Å². The van der Waals surface area contributed by atoms with Gasteiger partial charge in [-0.05, 0) is 37.3 Å². The van der Waals surface area contributed by atoms with Crippen molar-refractivity contribution >= 4 is 5.91 Å². The second-order valence-electron chi connectivity index (χ2n) is 5.80. The van der Waals surface area contributed by atoms with Crippen molar-refractivity contribution in [3.05, 3.63) is 35.9 Å². The third-order valence-corrected chi connectivity index (χ3v) is 4.11. The van der Waals surface area contributed by atoms with Gasteiger partial charge in [0, 0.05) is 19.0 Å². The van der Waals surface area contributed by atoms with E-state index in [4.69, 9.17) is 0 Å². The first kappa shape index (κ1) is 15.0. The van der Waals surface area contributed by atoms with Gasteiger partial charge in [-0.15, -0.1) is 0 Å². The van der Waals surface area contributed by atoms with Crippen LogP contribution in [0.15, 0.2) is 30.3 Å². The van der Waals surface area contributed by atoms with Gasteiger partial charge in [0.1, 0.15) is 0 Å². The lowest BCUT2D eigenvalue weighted by atomic mass is 9.98. The molecule has 2 atom stereocenters. The average molecular weight is 274 g/mol. The van der Waals surface area contributed by atoms with Gasteiger partial charge >= 0.3 is 0 Å². The van der Waals surface area contributed by atoms with Crippen molar-refractivity contribution in [3.8, 4) is 0 Å². The summed E-state index contributed by atoms with van der Waals surface area (Å²) in [4.78, 5) is 11.9. The summed E-state index contributed by atoms with van der Waals surface area (Å²) in [5.41, 5.74) is 1.34. The third-order valence-electron chi connectivity index (χ3n) is 4.11. The van der Waals surface area contributed by atoms with Gasteiger partial charge in [0.05, 0.1) is 0 Å². The standard InChI is InChI=1S/C17H26N2O/c1-14(15-7-3-2-4-8-15)10-12-19-17(20)13-16-9-5-6-11-18-16/h2-4,7-8,14,16,18H,5-6,9-13H2,1H3,(H,19,20). The molecule has 0 radical (unpaired) electrons. The lowest BCUT2D eigenvalue weighted by molar-refractivity contribution is -0.121. The predicted molar refractivity (Wildman–Crippen MR) is 82.7 cm³/mol. The Labute approximate surface area is 122 Å². The summed E-state index contributed by atoms with van der Waals surface area (Å²) >= 11 is 0. The van der Waals surface area contributed by atoms with Crippen molar-refractivity contribution in [1.82, 2.24) is 10.6 Å². The molecule has 0 aromatic heterocycles. The first-order valence-corrected chi connectivity index (χ1v) is 7.80. The molecule has 2 N–H and O–H groups in total. The normalized spacial score (nSPS) is 20.4. The molecule has 0 aliphatic carbocycles. The van der Waals surface area contributed by atoms with E-state index in [1.165, 1.54) is 18.4 Å². The molecule has 0 saturated carbocycles. The topological polar surface area (TPSA) is 41.1 Å². The zero-order chi connectivity index (χ0) is 14.2. The SMILES string of the molecule is CC(CCNC(=O)CC1CCCCN1)c1ccccc1. The molecule has 0 spiro atoms. The minimum atomic E-state index is 0.185. The zero-order valence-corrected chi connectivity index (χ0v) is 12.4. The molecule has 3 nitrogen and oxygen atoms in total. The fourth-order valence-electron chi connectivity index (χ4n) is 2.77. The summed E-state index contributed by atoms with van der Waals surface area (Å²) in [5.74, 6) is 0.675. The molecule has 1 aliphatic rings. The van der Waals surface area contributed by atoms with Crippen molar-refractivity contribution in [2.24, 2.45) is 0 Å². The molecule has 110 valence electrons. The second-order valence-corrected chi connectivity index (χ2v) is 5.80. The Balaban J connectivity index is 1.63. The van der Waals surface area contributed by atoms with Crippen LogP contribution in [0.5, 0.6) is 0 Å². The highest BCUT2D eigenvalue weighted by molar-refractivity contribution is 5.76. The number of hydrogen-bond acceptors (Lipinski definition) is 2. The fourth-order valence-corrected chi connectivity index (χ4v) is 2.77. The number of rotatable bonds is 6. The molecular formula is C17H26N2O. The molecule has 2 unspecified atom stereocenters. The maximum absolute atomic E-state index is 11.9. The van der Waals surface area contributed by atoms with Crippen molar-refractivity contribution in [1.29, 1.82) is 0 Å². The number of carbonyl (C=O) groups excluding carboxylic acids is 1. The quantitative estimate of drug-likeness (QED) is 0.837. The molecule has 1 amide bonds. The number of hydrogen-bond donors (Lipinski definition) is 2. The van der Waals surface area contributed by atoms with Crippen LogP contribution in [0.3, 0.4) is 0 Å². The number of amides is 1. The highest BCUT2D eigenvalue weighted by atomic mass is 16.1. The first-order chi connectivity index (χ1) is 9.75. The molecule has 1 aromatic rings. The number of carbonyl (C=O) groups is 1. The molecule has 20 heavy (non-hydrogen) atoms. The summed E-state index contributed by atoms with van der Waals surface area (Å²) in [7, 11) is 0. The van der Waals surface area contributed by atoms with Crippen molar-refractivity contribution in [2.45, 2.75) is 51.0 Å². The van der Waals surface area contributed by atoms with E-state index in [1.54, 1.807) is 0 Å². The highest BCUT2D eigenvalue weighted by Crippen LogP contribution is 2.17. The smallest absolute Gasteiger partial charge is 0.221 e. The summed E-state index contributed by atoms with van der Waals surface area (Å²) in [5, 5.41) is 6.47. The second kappa shape index (κ2) is 8.05. The largest absolute Gasteiger partial charge is 0.356 e. The molecule has 1 aromatic carbocycles. The van der Waals surface area contributed by atoms with Crippen molar-refractivity contribution in [2.75, 3.05) is 13.1 Å². The van der Waals surface area contributed by atoms with Gasteiger partial charge in [0.25, 0.3) is 0 Å². The van der Waals surface area contributed by atoms with Gasteiger partial charge in [-0.2, -0.15) is 0 Å². The van der Waals surface area contributed by atoms with Crippen LogP contribution in [0.4, 0.5) is 0 Å². The molecule has 0 bridgehead atoms. The van der Waals surface area contributed by atoms with E-state index in [2.05, 4.69) is 41.8 Å². The van der Waals surface area contributed by atoms with Crippen LogP contribution in [-0.2, 0) is 4.79 Å². The lowest BCUT2D eigenvalue weighted by Gasteiger charge is -2.23. The van der Waals surface area contributed by atoms with Gasteiger partial charge < -0.3 is 10.6 Å². The summed E-state index contributed by atoms with van der Waals surface area (Å²) in [6.07, 6.45) is 5.24. The molecule has 1 aliphatic heterocycles. The van der Waals surface area contributed by atoms with Crippen LogP contribution >= 0.6 is 0 Å².